The second kappa shape index (κ2) is 15.9. The Labute approximate surface area is 312 Å². The molecule has 0 unspecified atom stereocenters. The van der Waals surface area contributed by atoms with E-state index in [9.17, 15) is 5.11 Å². The minimum atomic E-state index is -3.05. The summed E-state index contributed by atoms with van der Waals surface area (Å²) in [5.74, 6) is 0.394. The van der Waals surface area contributed by atoms with Crippen LogP contribution in [0.15, 0.2) is 121 Å². The van der Waals surface area contributed by atoms with Crippen molar-refractivity contribution in [2.75, 3.05) is 27.4 Å². The zero-order chi connectivity index (χ0) is 37.6. The standard InChI is InChI=1S/C43H54N2O5Si2/c1-33-38(44-40(48-9)45-39(33)47-8)30-43(46,31-49-51(41(2,3)4,34-22-14-10-15-23-34)35-24-16-11-17-25-35)32-50-52(42(5,6)7,36-26-18-12-19-27-36)37-28-20-13-21-29-37/h10-29,46H,30-32H2,1-9H3. The lowest BCUT2D eigenvalue weighted by molar-refractivity contribution is -0.0451. The topological polar surface area (TPSA) is 82.9 Å². The largest absolute Gasteiger partial charge is 0.481 e. The quantitative estimate of drug-likeness (QED) is 0.136. The first-order chi connectivity index (χ1) is 24.7. The third-order valence-electron chi connectivity index (χ3n) is 10.0. The van der Waals surface area contributed by atoms with Crippen LogP contribution in [-0.4, -0.2) is 64.7 Å². The normalized spacial score (nSPS) is 12.8. The number of rotatable bonds is 14. The van der Waals surface area contributed by atoms with Crippen molar-refractivity contribution < 1.29 is 23.4 Å². The molecule has 0 aliphatic carbocycles. The predicted molar refractivity (Wildman–Crippen MR) is 216 cm³/mol. The molecular weight excluding hydrogens is 681 g/mol. The third-order valence-corrected chi connectivity index (χ3v) is 20.0. The van der Waals surface area contributed by atoms with Crippen LogP contribution in [0.2, 0.25) is 10.1 Å². The molecule has 0 radical (unpaired) electrons. The second-order valence-corrected chi connectivity index (χ2v) is 24.2. The number of aromatic nitrogens is 2. The molecule has 0 fully saturated rings. The fourth-order valence-electron chi connectivity index (χ4n) is 7.44. The lowest BCUT2D eigenvalue weighted by atomic mass is 9.97. The van der Waals surface area contributed by atoms with Gasteiger partial charge in [-0.15, -0.1) is 0 Å². The minimum Gasteiger partial charge on any atom is -0.481 e. The minimum absolute atomic E-state index is 0.00738. The summed E-state index contributed by atoms with van der Waals surface area (Å²) in [5.41, 5.74) is -0.212. The summed E-state index contributed by atoms with van der Waals surface area (Å²) in [6.45, 7) is 15.3. The molecule has 1 aromatic heterocycles. The lowest BCUT2D eigenvalue weighted by Gasteiger charge is -2.47. The lowest BCUT2D eigenvalue weighted by Crippen LogP contribution is -2.69. The molecule has 274 valence electrons. The van der Waals surface area contributed by atoms with E-state index in [-0.39, 0.29) is 35.7 Å². The van der Waals surface area contributed by atoms with Gasteiger partial charge in [-0.05, 0) is 37.7 Å². The van der Waals surface area contributed by atoms with E-state index in [1.807, 2.05) is 31.2 Å². The molecule has 1 N–H and O–H groups in total. The average Bonchev–Trinajstić information content (AvgIpc) is 3.13. The number of aliphatic hydroxyl groups is 1. The van der Waals surface area contributed by atoms with Crippen LogP contribution in [0.5, 0.6) is 11.9 Å². The fraction of sp³-hybridized carbons (Fsp3) is 0.349. The Bertz CT molecular complexity index is 1700. The Balaban J connectivity index is 1.69. The van der Waals surface area contributed by atoms with Gasteiger partial charge >= 0.3 is 6.01 Å². The highest BCUT2D eigenvalue weighted by Crippen LogP contribution is 2.40. The van der Waals surface area contributed by atoms with Crippen LogP contribution in [0.3, 0.4) is 0 Å². The molecule has 1 heterocycles. The van der Waals surface area contributed by atoms with Gasteiger partial charge in [0.25, 0.3) is 16.6 Å². The van der Waals surface area contributed by atoms with E-state index < -0.39 is 22.2 Å². The number of hydrogen-bond donors (Lipinski definition) is 1. The number of hydrogen-bond acceptors (Lipinski definition) is 7. The van der Waals surface area contributed by atoms with Crippen LogP contribution in [0.1, 0.15) is 52.8 Å². The van der Waals surface area contributed by atoms with Gasteiger partial charge < -0.3 is 23.4 Å². The Morgan fingerprint density at radius 3 is 1.17 bits per heavy atom. The first-order valence-corrected chi connectivity index (χ1v) is 21.7. The summed E-state index contributed by atoms with van der Waals surface area (Å²) in [5, 5.41) is 17.1. The van der Waals surface area contributed by atoms with Gasteiger partial charge in [0, 0.05) is 12.0 Å². The molecule has 0 aliphatic heterocycles. The zero-order valence-electron chi connectivity index (χ0n) is 32.1. The molecule has 0 amide bonds. The fourth-order valence-corrected chi connectivity index (χ4v) is 16.7. The van der Waals surface area contributed by atoms with Crippen molar-refractivity contribution in [1.29, 1.82) is 0 Å². The van der Waals surface area contributed by atoms with E-state index in [1.54, 1.807) is 7.11 Å². The van der Waals surface area contributed by atoms with Crippen LogP contribution >= 0.6 is 0 Å². The molecule has 0 aliphatic rings. The molecule has 0 saturated heterocycles. The van der Waals surface area contributed by atoms with Crippen LogP contribution in [0, 0.1) is 6.92 Å². The van der Waals surface area contributed by atoms with Gasteiger partial charge in [-0.25, -0.2) is 0 Å². The van der Waals surface area contributed by atoms with Crippen molar-refractivity contribution in [3.05, 3.63) is 133 Å². The maximum absolute atomic E-state index is 13.2. The van der Waals surface area contributed by atoms with Crippen LogP contribution in [-0.2, 0) is 15.3 Å². The number of nitrogens with zero attached hydrogens (tertiary/aromatic N) is 2. The van der Waals surface area contributed by atoms with Crippen LogP contribution in [0.4, 0.5) is 0 Å². The number of ether oxygens (including phenoxy) is 2. The average molecular weight is 735 g/mol. The van der Waals surface area contributed by atoms with Crippen LogP contribution in [0.25, 0.3) is 0 Å². The Morgan fingerprint density at radius 1 is 0.538 bits per heavy atom. The maximum Gasteiger partial charge on any atom is 0.319 e. The van der Waals surface area contributed by atoms with Crippen molar-refractivity contribution in [1.82, 2.24) is 9.97 Å². The van der Waals surface area contributed by atoms with Crippen molar-refractivity contribution in [3.8, 4) is 11.9 Å². The third kappa shape index (κ3) is 7.79. The maximum atomic E-state index is 13.2. The van der Waals surface area contributed by atoms with Crippen molar-refractivity contribution in [2.24, 2.45) is 0 Å². The molecule has 0 saturated carbocycles. The van der Waals surface area contributed by atoms with Gasteiger partial charge in [0.05, 0.1) is 33.1 Å². The van der Waals surface area contributed by atoms with Crippen molar-refractivity contribution in [3.63, 3.8) is 0 Å². The highest BCUT2D eigenvalue weighted by Gasteiger charge is 2.54. The SMILES string of the molecule is COc1nc(CC(O)(CO[Si](c2ccccc2)(c2ccccc2)C(C)(C)C)CO[Si](c2ccccc2)(c2ccccc2)C(C)(C)C)c(C)c(OC)n1. The zero-order valence-corrected chi connectivity index (χ0v) is 34.1. The monoisotopic (exact) mass is 734 g/mol. The van der Waals surface area contributed by atoms with Crippen molar-refractivity contribution in [2.45, 2.75) is 70.6 Å². The first kappa shape index (κ1) is 39.1. The molecule has 7 nitrogen and oxygen atoms in total. The molecule has 9 heteroatoms. The molecule has 0 atom stereocenters. The Kier molecular flexibility index (Phi) is 11.9. The number of benzene rings is 4. The van der Waals surface area contributed by atoms with E-state index in [0.717, 1.165) is 26.3 Å². The molecular formula is C43H54N2O5Si2. The smallest absolute Gasteiger partial charge is 0.319 e. The van der Waals surface area contributed by atoms with E-state index >= 15 is 0 Å². The predicted octanol–water partition coefficient (Wildman–Crippen LogP) is 6.23. The molecule has 5 rings (SSSR count). The summed E-state index contributed by atoms with van der Waals surface area (Å²) in [6.07, 6.45) is 0.116. The van der Waals surface area contributed by atoms with Gasteiger partial charge in [0.1, 0.15) is 5.60 Å². The molecule has 52 heavy (non-hydrogen) atoms. The van der Waals surface area contributed by atoms with Gasteiger partial charge in [-0.3, -0.25) is 0 Å². The van der Waals surface area contributed by atoms with E-state index in [0.29, 0.717) is 11.6 Å². The molecule has 5 aromatic rings. The summed E-state index contributed by atoms with van der Waals surface area (Å²) in [6, 6.07) is 42.1. The Morgan fingerprint density at radius 2 is 0.885 bits per heavy atom. The van der Waals surface area contributed by atoms with Gasteiger partial charge in [-0.1, -0.05) is 163 Å². The van der Waals surface area contributed by atoms with Crippen LogP contribution < -0.4 is 30.2 Å². The second-order valence-electron chi connectivity index (χ2n) is 15.6. The molecule has 0 spiro atoms. The Hall–Kier alpha value is -4.13. The summed E-state index contributed by atoms with van der Waals surface area (Å²) < 4.78 is 26.0. The van der Waals surface area contributed by atoms with Gasteiger partial charge in [0.2, 0.25) is 5.88 Å². The van der Waals surface area contributed by atoms with Crippen molar-refractivity contribution >= 4 is 37.4 Å². The van der Waals surface area contributed by atoms with Gasteiger partial charge in [0.15, 0.2) is 0 Å². The van der Waals surface area contributed by atoms with Gasteiger partial charge in [-0.2, -0.15) is 9.97 Å². The highest BCUT2D eigenvalue weighted by atomic mass is 28.4. The highest BCUT2D eigenvalue weighted by molar-refractivity contribution is 7.00. The summed E-state index contributed by atoms with van der Waals surface area (Å²) in [4.78, 5) is 9.15. The molecule has 4 aromatic carbocycles. The van der Waals surface area contributed by atoms with E-state index in [4.69, 9.17) is 23.3 Å². The molecule has 0 bridgehead atoms. The summed E-state index contributed by atoms with van der Waals surface area (Å²) >= 11 is 0. The first-order valence-electron chi connectivity index (χ1n) is 17.9. The van der Waals surface area contributed by atoms with E-state index in [2.05, 4.69) is 144 Å². The number of methoxy groups -OCH3 is 2. The summed E-state index contributed by atoms with van der Waals surface area (Å²) in [7, 11) is -3.00. The van der Waals surface area contributed by atoms with E-state index in [1.165, 1.54) is 7.11 Å².